The Kier molecular flexibility index (Phi) is 4.08. The summed E-state index contributed by atoms with van der Waals surface area (Å²) in [7, 11) is 0. The second-order valence-electron chi connectivity index (χ2n) is 7.96. The molecule has 2 aliphatic carbocycles. The second-order valence-corrected chi connectivity index (χ2v) is 28.7. The predicted molar refractivity (Wildman–Crippen MR) is 117 cm³/mol. The van der Waals surface area contributed by atoms with Crippen molar-refractivity contribution in [1.82, 2.24) is 0 Å². The standard InChI is InChI=1S/C16H14Br2S3.2CH3.Zr/c1-7-3-9-11(5-7)19-15(17)13(9)21-14-10-4-8(2)6-12(10)20-16(14)18;;;/h3-6,11-12,15-16H,1-2H3;2*1H3;. The van der Waals surface area contributed by atoms with E-state index in [1.54, 1.807) is 11.1 Å². The molecule has 0 aromatic carbocycles. The molecular weight excluding hydrogens is 563 g/mol. The first-order valence-corrected chi connectivity index (χ1v) is 20.2. The fourth-order valence-electron chi connectivity index (χ4n) is 5.22. The van der Waals surface area contributed by atoms with Gasteiger partial charge >= 0.3 is 181 Å². The molecule has 0 aromatic rings. The first kappa shape index (κ1) is 17.9. The van der Waals surface area contributed by atoms with E-state index in [1.165, 1.54) is 11.1 Å². The average molecular weight is 584 g/mol. The van der Waals surface area contributed by atoms with E-state index in [-0.39, 0.29) is 0 Å². The Morgan fingerprint density at radius 1 is 0.875 bits per heavy atom. The molecule has 24 heavy (non-hydrogen) atoms. The van der Waals surface area contributed by atoms with E-state index in [0.717, 1.165) is 0 Å². The van der Waals surface area contributed by atoms with Crippen molar-refractivity contribution in [3.63, 3.8) is 0 Å². The van der Waals surface area contributed by atoms with E-state index in [9.17, 15) is 0 Å². The number of thioether (sulfide) groups is 3. The van der Waals surface area contributed by atoms with Gasteiger partial charge in [0, 0.05) is 0 Å². The molecule has 5 aliphatic rings. The van der Waals surface area contributed by atoms with Crippen LogP contribution in [-0.4, -0.2) is 23.7 Å². The minimum atomic E-state index is -2.55. The van der Waals surface area contributed by atoms with Gasteiger partial charge in [0.15, 0.2) is 0 Å². The maximum absolute atomic E-state index is 4.13. The van der Waals surface area contributed by atoms with Crippen molar-refractivity contribution in [3.8, 4) is 0 Å². The van der Waals surface area contributed by atoms with Crippen LogP contribution in [0.4, 0.5) is 0 Å². The van der Waals surface area contributed by atoms with E-state index in [0.29, 0.717) is 23.7 Å². The summed E-state index contributed by atoms with van der Waals surface area (Å²) in [4.78, 5) is 0. The molecule has 6 heteroatoms. The Hall–Kier alpha value is 1.85. The summed E-state index contributed by atoms with van der Waals surface area (Å²) in [6.45, 7) is 4.54. The first-order chi connectivity index (χ1) is 11.2. The number of alkyl halides is 2. The molecule has 3 aliphatic heterocycles. The van der Waals surface area contributed by atoms with E-state index in [4.69, 9.17) is 0 Å². The van der Waals surface area contributed by atoms with E-state index >= 15 is 0 Å². The van der Waals surface area contributed by atoms with Crippen LogP contribution in [0, 0.1) is 0 Å². The summed E-state index contributed by atoms with van der Waals surface area (Å²) >= 11 is 12.3. The fourth-order valence-corrected chi connectivity index (χ4v) is 40.0. The quantitative estimate of drug-likeness (QED) is 0.288. The Morgan fingerprint density at radius 3 is 1.67 bits per heavy atom. The summed E-state index contributed by atoms with van der Waals surface area (Å²) in [5.74, 6) is 0. The molecule has 0 aromatic heterocycles. The fraction of sp³-hybridized carbons (Fsp3) is 0.556. The number of halogens is 2. The van der Waals surface area contributed by atoms with Gasteiger partial charge in [-0.25, -0.2) is 0 Å². The second kappa shape index (κ2) is 5.47. The van der Waals surface area contributed by atoms with Gasteiger partial charge in [0.1, 0.15) is 0 Å². The van der Waals surface area contributed by atoms with Crippen LogP contribution in [0.3, 0.4) is 0 Å². The molecule has 2 spiro atoms. The molecule has 0 saturated carbocycles. The van der Waals surface area contributed by atoms with Crippen LogP contribution in [0.2, 0.25) is 9.26 Å². The van der Waals surface area contributed by atoms with Gasteiger partial charge in [-0.05, 0) is 0 Å². The monoisotopic (exact) mass is 580 g/mol. The molecule has 0 N–H and O–H groups in total. The Bertz CT molecular complexity index is 721. The zero-order chi connectivity index (χ0) is 17.1. The van der Waals surface area contributed by atoms with E-state index < -0.39 is 20.3 Å². The van der Waals surface area contributed by atoms with Crippen LogP contribution in [-0.2, 0) is 20.3 Å². The first-order valence-electron chi connectivity index (χ1n) is 8.34. The van der Waals surface area contributed by atoms with E-state index in [2.05, 4.69) is 115 Å². The van der Waals surface area contributed by atoms with Crippen molar-refractivity contribution < 1.29 is 20.3 Å². The Morgan fingerprint density at radius 2 is 1.29 bits per heavy atom. The van der Waals surface area contributed by atoms with Crippen LogP contribution < -0.4 is 0 Å². The number of rotatable bonds is 0. The summed E-state index contributed by atoms with van der Waals surface area (Å²) in [6.07, 6.45) is 10.0. The number of hydrogen-bond donors (Lipinski definition) is 0. The topological polar surface area (TPSA) is 0 Å². The molecule has 6 unspecified atom stereocenters. The maximum atomic E-state index is 4.13. The Balaban J connectivity index is 1.63. The number of allylic oxidation sites excluding steroid dienone is 4. The molecule has 0 radical (unpaired) electrons. The van der Waals surface area contributed by atoms with Crippen LogP contribution >= 0.6 is 67.1 Å². The molecule has 0 bridgehead atoms. The van der Waals surface area contributed by atoms with Crippen LogP contribution in [0.15, 0.2) is 46.6 Å². The van der Waals surface area contributed by atoms with E-state index in [1.807, 2.05) is 0 Å². The summed E-state index contributed by atoms with van der Waals surface area (Å²) in [5, 5.41) is 1.23. The predicted octanol–water partition coefficient (Wildman–Crippen LogP) is 6.82. The molecule has 3 heterocycles. The third-order valence-electron chi connectivity index (χ3n) is 6.42. The van der Waals surface area contributed by atoms with Crippen molar-refractivity contribution in [1.29, 1.82) is 0 Å². The molecule has 128 valence electrons. The SMILES string of the molecule is CC1=CC2SC(Br)[C]3(S[C]4(C5=CC(C)=CC5SC4Br)[Zr]3([CH3])[CH3])C2=C1. The van der Waals surface area contributed by atoms with Gasteiger partial charge in [-0.2, -0.15) is 0 Å². The number of fused-ring (bicyclic) bond motifs is 4. The van der Waals surface area contributed by atoms with Gasteiger partial charge in [-0.3, -0.25) is 0 Å². The Labute approximate surface area is 178 Å². The normalized spacial score (nSPS) is 50.4. The van der Waals surface area contributed by atoms with Crippen LogP contribution in [0.5, 0.6) is 0 Å². The van der Waals surface area contributed by atoms with Crippen LogP contribution in [0.25, 0.3) is 0 Å². The van der Waals surface area contributed by atoms with Crippen molar-refractivity contribution in [2.75, 3.05) is 0 Å². The molecule has 5 rings (SSSR count). The van der Waals surface area contributed by atoms with Crippen molar-refractivity contribution >= 4 is 67.1 Å². The van der Waals surface area contributed by atoms with Gasteiger partial charge in [-0.15, -0.1) is 0 Å². The average Bonchev–Trinajstić information content (AvgIpc) is 3.14. The third kappa shape index (κ3) is 1.86. The molecule has 6 atom stereocenters. The molecule has 0 amide bonds. The van der Waals surface area contributed by atoms with Gasteiger partial charge in [-0.1, -0.05) is 0 Å². The van der Waals surface area contributed by atoms with Crippen molar-refractivity contribution in [2.24, 2.45) is 0 Å². The zero-order valence-electron chi connectivity index (χ0n) is 14.1. The molecular formula is C18H20Br2S3Zr. The third-order valence-corrected chi connectivity index (χ3v) is 36.7. The molecule has 3 fully saturated rings. The van der Waals surface area contributed by atoms with Gasteiger partial charge in [0.05, 0.1) is 0 Å². The van der Waals surface area contributed by atoms with Crippen molar-refractivity contribution in [3.05, 3.63) is 46.6 Å². The summed E-state index contributed by atoms with van der Waals surface area (Å²) < 4.78 is 7.40. The minimum absolute atomic E-state index is 0.400. The zero-order valence-corrected chi connectivity index (χ0v) is 22.2. The van der Waals surface area contributed by atoms with Gasteiger partial charge in [0.2, 0.25) is 0 Å². The molecule has 0 nitrogen and oxygen atoms in total. The van der Waals surface area contributed by atoms with Gasteiger partial charge in [0.25, 0.3) is 0 Å². The summed E-state index contributed by atoms with van der Waals surface area (Å²) in [5.41, 5.74) is 6.41. The number of hydrogen-bond acceptors (Lipinski definition) is 3. The molecule has 3 saturated heterocycles. The van der Waals surface area contributed by atoms with Crippen molar-refractivity contribution in [2.45, 2.75) is 46.8 Å². The van der Waals surface area contributed by atoms with Gasteiger partial charge < -0.3 is 0 Å². The van der Waals surface area contributed by atoms with Crippen LogP contribution in [0.1, 0.15) is 13.8 Å². The summed E-state index contributed by atoms with van der Waals surface area (Å²) in [6, 6.07) is 0.